The number of nitrogens with two attached hydrogens (primary N) is 1. The van der Waals surface area contributed by atoms with Crippen LogP contribution in [0.1, 0.15) is 29.8 Å². The molecule has 1 heterocycles. The van der Waals surface area contributed by atoms with Crippen LogP contribution in [-0.4, -0.2) is 30.8 Å². The number of ether oxygens (including phenoxy) is 2. The van der Waals surface area contributed by atoms with Crippen LogP contribution in [0, 0.1) is 0 Å². The average molecular weight is 380 g/mol. The molecular weight excluding hydrogens is 360 g/mol. The number of para-hydroxylation sites is 1. The minimum atomic E-state index is -0.597. The van der Waals surface area contributed by atoms with E-state index in [2.05, 4.69) is 0 Å². The van der Waals surface area contributed by atoms with Crippen LogP contribution in [0.25, 0.3) is 6.08 Å². The quantitative estimate of drug-likeness (QED) is 0.777. The summed E-state index contributed by atoms with van der Waals surface area (Å²) in [6.45, 7) is 3.34. The van der Waals surface area contributed by atoms with Crippen molar-refractivity contribution in [2.45, 2.75) is 13.8 Å². The predicted octanol–water partition coefficient (Wildman–Crippen LogP) is 2.54. The minimum Gasteiger partial charge on any atom is -0.490 e. The van der Waals surface area contributed by atoms with Crippen molar-refractivity contribution < 1.29 is 23.9 Å². The summed E-state index contributed by atoms with van der Waals surface area (Å²) < 4.78 is 10.9. The molecule has 0 saturated carbocycles. The third-order valence-electron chi connectivity index (χ3n) is 4.12. The lowest BCUT2D eigenvalue weighted by atomic mass is 10.1. The van der Waals surface area contributed by atoms with Crippen LogP contribution in [0.5, 0.6) is 11.5 Å². The summed E-state index contributed by atoms with van der Waals surface area (Å²) in [5.74, 6) is -0.295. The highest BCUT2D eigenvalue weighted by molar-refractivity contribution is 6.26. The molecule has 1 aliphatic heterocycles. The van der Waals surface area contributed by atoms with E-state index in [-0.39, 0.29) is 24.0 Å². The lowest BCUT2D eigenvalue weighted by Crippen LogP contribution is -2.25. The van der Waals surface area contributed by atoms with Crippen LogP contribution >= 0.6 is 0 Å². The van der Waals surface area contributed by atoms with Crippen LogP contribution in [-0.2, 0) is 9.59 Å². The normalized spacial score (nSPS) is 14.1. The largest absolute Gasteiger partial charge is 0.490 e. The molecule has 7 nitrogen and oxygen atoms in total. The number of hydrogen-bond acceptors (Lipinski definition) is 5. The summed E-state index contributed by atoms with van der Waals surface area (Å²) in [6, 6.07) is 12.0. The Morgan fingerprint density at radius 1 is 1.11 bits per heavy atom. The molecule has 0 unspecified atom stereocenters. The zero-order chi connectivity index (χ0) is 20.3. The minimum absolute atomic E-state index is 0.224. The molecule has 0 radical (unpaired) electrons. The lowest BCUT2D eigenvalue weighted by molar-refractivity contribution is -0.120. The fraction of sp³-hybridized carbons (Fsp3) is 0.190. The standard InChI is InChI=1S/C21H20N2O5/c1-3-27-19-11-14(8-9-18(19)28-12-20(22)25)10-17-21(26)15-6-4-5-7-16(15)23(17)13(2)24/h4-11H,3,12H2,1-2H3,(H2,22,25). The zero-order valence-electron chi connectivity index (χ0n) is 15.6. The summed E-state index contributed by atoms with van der Waals surface area (Å²) in [7, 11) is 0. The average Bonchev–Trinajstić information content (AvgIpc) is 2.94. The van der Waals surface area contributed by atoms with E-state index in [0.29, 0.717) is 34.9 Å². The van der Waals surface area contributed by atoms with Gasteiger partial charge in [-0.15, -0.1) is 0 Å². The fourth-order valence-electron chi connectivity index (χ4n) is 3.01. The molecule has 0 fully saturated rings. The first-order valence-electron chi connectivity index (χ1n) is 8.76. The maximum absolute atomic E-state index is 12.8. The second-order valence-electron chi connectivity index (χ2n) is 6.12. The molecule has 2 amide bonds. The molecule has 0 saturated heterocycles. The number of carbonyl (C=O) groups is 3. The molecule has 7 heteroatoms. The fourth-order valence-corrected chi connectivity index (χ4v) is 3.01. The summed E-state index contributed by atoms with van der Waals surface area (Å²) in [5.41, 5.74) is 7.08. The van der Waals surface area contributed by atoms with Crippen LogP contribution in [0.2, 0.25) is 0 Å². The van der Waals surface area contributed by atoms with E-state index in [1.165, 1.54) is 11.8 Å². The summed E-state index contributed by atoms with van der Waals surface area (Å²) >= 11 is 0. The summed E-state index contributed by atoms with van der Waals surface area (Å²) in [6.07, 6.45) is 1.63. The van der Waals surface area contributed by atoms with Crippen molar-refractivity contribution in [1.82, 2.24) is 0 Å². The van der Waals surface area contributed by atoms with Crippen molar-refractivity contribution >= 4 is 29.4 Å². The number of hydrogen-bond donors (Lipinski definition) is 1. The molecule has 2 aromatic carbocycles. The molecule has 0 bridgehead atoms. The topological polar surface area (TPSA) is 98.9 Å². The summed E-state index contributed by atoms with van der Waals surface area (Å²) in [5, 5.41) is 0. The van der Waals surface area contributed by atoms with Gasteiger partial charge < -0.3 is 15.2 Å². The molecule has 1 aliphatic rings. The Balaban J connectivity index is 2.00. The van der Waals surface area contributed by atoms with E-state index in [1.807, 2.05) is 6.92 Å². The molecule has 0 aliphatic carbocycles. The first-order valence-corrected chi connectivity index (χ1v) is 8.76. The number of anilines is 1. The van der Waals surface area contributed by atoms with Crippen LogP contribution < -0.4 is 20.1 Å². The molecule has 0 spiro atoms. The van der Waals surface area contributed by atoms with Crippen molar-refractivity contribution in [2.75, 3.05) is 18.1 Å². The van der Waals surface area contributed by atoms with Gasteiger partial charge in [0.25, 0.3) is 5.91 Å². The van der Waals surface area contributed by atoms with Gasteiger partial charge in [0.1, 0.15) is 0 Å². The van der Waals surface area contributed by atoms with E-state index in [9.17, 15) is 14.4 Å². The second kappa shape index (κ2) is 7.96. The van der Waals surface area contributed by atoms with Gasteiger partial charge in [0.05, 0.1) is 18.0 Å². The van der Waals surface area contributed by atoms with Gasteiger partial charge in [0, 0.05) is 12.5 Å². The van der Waals surface area contributed by atoms with E-state index in [4.69, 9.17) is 15.2 Å². The summed E-state index contributed by atoms with van der Waals surface area (Å²) in [4.78, 5) is 37.3. The molecule has 0 aromatic heterocycles. The van der Waals surface area contributed by atoms with E-state index >= 15 is 0 Å². The predicted molar refractivity (Wildman–Crippen MR) is 104 cm³/mol. The highest BCUT2D eigenvalue weighted by Gasteiger charge is 2.34. The number of benzene rings is 2. The lowest BCUT2D eigenvalue weighted by Gasteiger charge is -2.16. The first-order chi connectivity index (χ1) is 13.4. The van der Waals surface area contributed by atoms with Gasteiger partial charge in [0.15, 0.2) is 18.1 Å². The van der Waals surface area contributed by atoms with E-state index in [0.717, 1.165) is 0 Å². The number of carbonyl (C=O) groups excluding carboxylic acids is 3. The SMILES string of the molecule is CCOc1cc(C=C2C(=O)c3ccccc3N2C(C)=O)ccc1OCC(N)=O. The molecule has 2 N–H and O–H groups in total. The smallest absolute Gasteiger partial charge is 0.255 e. The molecule has 28 heavy (non-hydrogen) atoms. The highest BCUT2D eigenvalue weighted by Crippen LogP contribution is 2.36. The van der Waals surface area contributed by atoms with Gasteiger partial charge in [-0.2, -0.15) is 0 Å². The van der Waals surface area contributed by atoms with Crippen LogP contribution in [0.3, 0.4) is 0 Å². The molecule has 3 rings (SSSR count). The van der Waals surface area contributed by atoms with Gasteiger partial charge in [-0.25, -0.2) is 0 Å². The number of rotatable bonds is 6. The van der Waals surface area contributed by atoms with Gasteiger partial charge in [-0.1, -0.05) is 18.2 Å². The Morgan fingerprint density at radius 2 is 1.86 bits per heavy atom. The molecular formula is C21H20N2O5. The number of primary amides is 1. The third-order valence-corrected chi connectivity index (χ3v) is 4.12. The Kier molecular flexibility index (Phi) is 5.44. The molecule has 2 aromatic rings. The van der Waals surface area contributed by atoms with Gasteiger partial charge >= 0.3 is 0 Å². The van der Waals surface area contributed by atoms with Crippen molar-refractivity contribution in [1.29, 1.82) is 0 Å². The van der Waals surface area contributed by atoms with Crippen molar-refractivity contribution in [3.05, 3.63) is 59.3 Å². The third kappa shape index (κ3) is 3.73. The Labute approximate surface area is 162 Å². The molecule has 0 atom stereocenters. The van der Waals surface area contributed by atoms with Crippen LogP contribution in [0.15, 0.2) is 48.2 Å². The monoisotopic (exact) mass is 380 g/mol. The first kappa shape index (κ1) is 19.2. The number of ketones is 1. The molecule has 144 valence electrons. The number of nitrogens with zero attached hydrogens (tertiary/aromatic N) is 1. The van der Waals surface area contributed by atoms with E-state index in [1.54, 1.807) is 48.5 Å². The van der Waals surface area contributed by atoms with Crippen LogP contribution in [0.4, 0.5) is 5.69 Å². The number of amides is 2. The number of allylic oxidation sites excluding steroid dienone is 1. The second-order valence-corrected chi connectivity index (χ2v) is 6.12. The van der Waals surface area contributed by atoms with Gasteiger partial charge in [-0.05, 0) is 42.8 Å². The van der Waals surface area contributed by atoms with E-state index < -0.39 is 5.91 Å². The highest BCUT2D eigenvalue weighted by atomic mass is 16.5. The maximum Gasteiger partial charge on any atom is 0.255 e. The number of fused-ring (bicyclic) bond motifs is 1. The Morgan fingerprint density at radius 3 is 2.54 bits per heavy atom. The maximum atomic E-state index is 12.8. The van der Waals surface area contributed by atoms with Crippen molar-refractivity contribution in [3.63, 3.8) is 0 Å². The van der Waals surface area contributed by atoms with Gasteiger partial charge in [0.2, 0.25) is 11.7 Å². The Bertz CT molecular complexity index is 981. The van der Waals surface area contributed by atoms with Gasteiger partial charge in [-0.3, -0.25) is 19.3 Å². The Hall–Kier alpha value is -3.61. The van der Waals surface area contributed by atoms with Crippen molar-refractivity contribution in [3.8, 4) is 11.5 Å². The number of Topliss-reactive ketones (excluding diaryl/α,β-unsaturated/α-hetero) is 1. The van der Waals surface area contributed by atoms with Crippen molar-refractivity contribution in [2.24, 2.45) is 5.73 Å². The zero-order valence-corrected chi connectivity index (χ0v) is 15.6.